The summed E-state index contributed by atoms with van der Waals surface area (Å²) in [5.41, 5.74) is 9.28. The lowest BCUT2D eigenvalue weighted by Gasteiger charge is -2.23. The molecule has 0 spiro atoms. The average Bonchev–Trinajstić information content (AvgIpc) is 3.09. The fraction of sp³-hybridized carbons (Fsp3) is 0.240. The summed E-state index contributed by atoms with van der Waals surface area (Å²) in [5.74, 6) is 0.164. The third-order valence-corrected chi connectivity index (χ3v) is 5.68. The molecule has 0 unspecified atom stereocenters. The second-order valence-electron chi connectivity index (χ2n) is 8.41. The normalized spacial score (nSPS) is 11.7. The minimum atomic E-state index is -4.47. The Hall–Kier alpha value is -3.88. The lowest BCUT2D eigenvalue weighted by Crippen LogP contribution is -2.31. The molecule has 0 atom stereocenters. The second-order valence-corrected chi connectivity index (χ2v) is 8.41. The van der Waals surface area contributed by atoms with Crippen LogP contribution in [0.4, 0.5) is 19.0 Å². The number of nitrogens with zero attached hydrogens (tertiary/aromatic N) is 4. The number of hydrogen-bond acceptors (Lipinski definition) is 4. The number of pyridine rings is 2. The molecule has 0 aliphatic rings. The largest absolute Gasteiger partial charge is 0.417 e. The Morgan fingerprint density at radius 3 is 2.47 bits per heavy atom. The fourth-order valence-corrected chi connectivity index (χ4v) is 3.84. The van der Waals surface area contributed by atoms with Crippen molar-refractivity contribution in [2.24, 2.45) is 7.05 Å². The van der Waals surface area contributed by atoms with Gasteiger partial charge in [0.2, 0.25) is 0 Å². The van der Waals surface area contributed by atoms with Crippen molar-refractivity contribution in [1.82, 2.24) is 19.4 Å². The summed E-state index contributed by atoms with van der Waals surface area (Å²) in [4.78, 5) is 23.4. The van der Waals surface area contributed by atoms with Crippen LogP contribution < -0.4 is 5.73 Å². The maximum atomic E-state index is 13.6. The molecule has 6 nitrogen and oxygen atoms in total. The molecule has 4 rings (SSSR count). The summed E-state index contributed by atoms with van der Waals surface area (Å²) < 4.78 is 40.7. The zero-order valence-corrected chi connectivity index (χ0v) is 19.0. The monoisotopic (exact) mass is 467 g/mol. The van der Waals surface area contributed by atoms with Gasteiger partial charge in [-0.15, -0.1) is 0 Å². The van der Waals surface area contributed by atoms with E-state index in [0.29, 0.717) is 22.6 Å². The van der Waals surface area contributed by atoms with Crippen molar-refractivity contribution in [2.75, 3.05) is 5.73 Å². The van der Waals surface area contributed by atoms with Crippen LogP contribution in [0.5, 0.6) is 0 Å². The molecular weight excluding hydrogens is 443 g/mol. The molecule has 0 bridgehead atoms. The molecule has 0 aliphatic carbocycles. The third-order valence-electron chi connectivity index (χ3n) is 5.68. The highest BCUT2D eigenvalue weighted by atomic mass is 19.4. The van der Waals surface area contributed by atoms with Gasteiger partial charge in [-0.2, -0.15) is 13.2 Å². The molecule has 0 fully saturated rings. The van der Waals surface area contributed by atoms with Gasteiger partial charge in [0.1, 0.15) is 5.82 Å². The molecule has 0 aliphatic heterocycles. The molecule has 34 heavy (non-hydrogen) atoms. The average molecular weight is 467 g/mol. The van der Waals surface area contributed by atoms with Gasteiger partial charge in [0.05, 0.1) is 29.9 Å². The molecule has 0 saturated heterocycles. The van der Waals surface area contributed by atoms with Gasteiger partial charge in [-0.1, -0.05) is 0 Å². The predicted molar refractivity (Wildman–Crippen MR) is 124 cm³/mol. The van der Waals surface area contributed by atoms with E-state index in [1.165, 1.54) is 6.07 Å². The number of carbonyl (C=O) groups is 1. The number of benzene rings is 1. The maximum absolute atomic E-state index is 13.6. The van der Waals surface area contributed by atoms with Gasteiger partial charge in [-0.3, -0.25) is 9.78 Å². The number of anilines is 1. The summed E-state index contributed by atoms with van der Waals surface area (Å²) in [6, 6.07) is 11.3. The SMILES string of the molecule is Cc1cc(CN(Cc2ccc(C(F)(F)F)cn2)C(=O)c2ccc3nc(N)c(C)cc3c2)n(C)c1. The van der Waals surface area contributed by atoms with Crippen molar-refractivity contribution in [3.05, 3.63) is 88.5 Å². The first-order valence-corrected chi connectivity index (χ1v) is 10.6. The molecule has 2 N–H and O–H groups in total. The molecule has 1 aromatic carbocycles. The van der Waals surface area contributed by atoms with Crippen LogP contribution in [0.15, 0.2) is 54.9 Å². The van der Waals surface area contributed by atoms with E-state index in [2.05, 4.69) is 9.97 Å². The number of nitrogen functional groups attached to an aromatic ring is 1. The topological polar surface area (TPSA) is 77.0 Å². The highest BCUT2D eigenvalue weighted by Gasteiger charge is 2.30. The molecular formula is C25H24F3N5O. The summed E-state index contributed by atoms with van der Waals surface area (Å²) in [7, 11) is 1.89. The first-order valence-electron chi connectivity index (χ1n) is 10.6. The van der Waals surface area contributed by atoms with Crippen LogP contribution in [-0.2, 0) is 26.3 Å². The summed E-state index contributed by atoms with van der Waals surface area (Å²) in [5, 5.41) is 0.778. The van der Waals surface area contributed by atoms with E-state index in [4.69, 9.17) is 5.73 Å². The van der Waals surface area contributed by atoms with Crippen molar-refractivity contribution in [3.8, 4) is 0 Å². The summed E-state index contributed by atoms with van der Waals surface area (Å²) in [6.07, 6.45) is -1.73. The number of alkyl halides is 3. The van der Waals surface area contributed by atoms with Gasteiger partial charge in [-0.05, 0) is 67.4 Å². The van der Waals surface area contributed by atoms with Gasteiger partial charge < -0.3 is 15.2 Å². The maximum Gasteiger partial charge on any atom is 0.417 e. The number of fused-ring (bicyclic) bond motifs is 1. The fourth-order valence-electron chi connectivity index (χ4n) is 3.84. The van der Waals surface area contributed by atoms with E-state index in [-0.39, 0.29) is 19.0 Å². The Bertz CT molecular complexity index is 1360. The van der Waals surface area contributed by atoms with Crippen molar-refractivity contribution < 1.29 is 18.0 Å². The molecule has 0 radical (unpaired) electrons. The van der Waals surface area contributed by atoms with Crippen LogP contribution in [0.25, 0.3) is 10.9 Å². The quantitative estimate of drug-likeness (QED) is 0.447. The Kier molecular flexibility index (Phi) is 6.03. The summed E-state index contributed by atoms with van der Waals surface area (Å²) >= 11 is 0. The lowest BCUT2D eigenvalue weighted by molar-refractivity contribution is -0.137. The van der Waals surface area contributed by atoms with E-state index in [9.17, 15) is 18.0 Å². The Morgan fingerprint density at radius 2 is 1.85 bits per heavy atom. The Labute approximate surface area is 194 Å². The summed E-state index contributed by atoms with van der Waals surface area (Å²) in [6.45, 7) is 4.12. The van der Waals surface area contributed by atoms with E-state index >= 15 is 0 Å². The number of amides is 1. The van der Waals surface area contributed by atoms with Gasteiger partial charge in [0, 0.05) is 36.1 Å². The molecule has 9 heteroatoms. The van der Waals surface area contributed by atoms with E-state index in [0.717, 1.165) is 34.5 Å². The number of carbonyl (C=O) groups excluding carboxylic acids is 1. The molecule has 0 saturated carbocycles. The highest BCUT2D eigenvalue weighted by Crippen LogP contribution is 2.28. The smallest absolute Gasteiger partial charge is 0.383 e. The van der Waals surface area contributed by atoms with E-state index in [1.54, 1.807) is 23.1 Å². The minimum Gasteiger partial charge on any atom is -0.383 e. The first-order chi connectivity index (χ1) is 16.0. The number of hydrogen-bond donors (Lipinski definition) is 1. The Balaban J connectivity index is 1.68. The minimum absolute atomic E-state index is 0.0538. The van der Waals surface area contributed by atoms with Gasteiger partial charge >= 0.3 is 6.18 Å². The van der Waals surface area contributed by atoms with Gasteiger partial charge in [0.15, 0.2) is 0 Å². The number of nitrogens with two attached hydrogens (primary N) is 1. The standard InChI is InChI=1S/C25H24F3N5O/c1-15-8-21(32(3)12-15)14-33(13-20-6-5-19(11-30-20)25(26,27)28)24(34)17-4-7-22-18(10-17)9-16(2)23(29)31-22/h4-12H,13-14H2,1-3H3,(H2,29,31). The van der Waals surface area contributed by atoms with Gasteiger partial charge in [0.25, 0.3) is 5.91 Å². The number of rotatable bonds is 5. The number of aryl methyl sites for hydroxylation is 3. The van der Waals surface area contributed by atoms with Crippen molar-refractivity contribution in [1.29, 1.82) is 0 Å². The van der Waals surface area contributed by atoms with Crippen LogP contribution in [0.1, 0.15) is 38.4 Å². The second kappa shape index (κ2) is 8.81. The van der Waals surface area contributed by atoms with Crippen LogP contribution in [0, 0.1) is 13.8 Å². The van der Waals surface area contributed by atoms with Crippen LogP contribution in [0.3, 0.4) is 0 Å². The number of aromatic nitrogens is 3. The van der Waals surface area contributed by atoms with Crippen LogP contribution in [0.2, 0.25) is 0 Å². The number of halogens is 3. The highest BCUT2D eigenvalue weighted by molar-refractivity contribution is 5.98. The Morgan fingerprint density at radius 1 is 1.09 bits per heavy atom. The molecule has 3 heterocycles. The third kappa shape index (κ3) is 4.88. The van der Waals surface area contributed by atoms with Crippen molar-refractivity contribution in [2.45, 2.75) is 33.1 Å². The zero-order valence-electron chi connectivity index (χ0n) is 19.0. The van der Waals surface area contributed by atoms with E-state index in [1.807, 2.05) is 43.8 Å². The molecule has 1 amide bonds. The molecule has 176 valence electrons. The van der Waals surface area contributed by atoms with Crippen molar-refractivity contribution >= 4 is 22.6 Å². The first kappa shape index (κ1) is 23.3. The molecule has 3 aromatic heterocycles. The van der Waals surface area contributed by atoms with Gasteiger partial charge in [-0.25, -0.2) is 4.98 Å². The van der Waals surface area contributed by atoms with Crippen LogP contribution >= 0.6 is 0 Å². The molecule has 4 aromatic rings. The zero-order chi connectivity index (χ0) is 24.6. The van der Waals surface area contributed by atoms with E-state index < -0.39 is 11.7 Å². The lowest BCUT2D eigenvalue weighted by atomic mass is 10.1. The predicted octanol–water partition coefficient (Wildman–Crippen LogP) is 5.03. The van der Waals surface area contributed by atoms with Crippen LogP contribution in [-0.4, -0.2) is 25.3 Å². The van der Waals surface area contributed by atoms with Crippen molar-refractivity contribution in [3.63, 3.8) is 0 Å².